The van der Waals surface area contributed by atoms with Crippen LogP contribution in [-0.4, -0.2) is 82.1 Å². The first kappa shape index (κ1) is 28.2. The highest BCUT2D eigenvalue weighted by Crippen LogP contribution is 2.30. The fourth-order valence-corrected chi connectivity index (χ4v) is 5.07. The standard InChI is InChI=1S/C30H35N5O6/c1-4-34-17-28(36)32-26-16-35(30(38)25-8-10-31-33-25)11-9-27(26)39-18-20-6-5-7-22(12-20)41-24-14-21(29(34)37)13-23(15-24)40-19(2)3/h5-8,10,12-15,19,26-27H,4,9,11,16-18H2,1-3H3,(H,31,33)(H,32,36)/t26-,27-/m0/s1. The molecule has 1 fully saturated rings. The molecule has 11 nitrogen and oxygen atoms in total. The van der Waals surface area contributed by atoms with Gasteiger partial charge in [0.05, 0.1) is 31.4 Å². The highest BCUT2D eigenvalue weighted by Gasteiger charge is 2.34. The molecule has 3 heterocycles. The minimum absolute atomic E-state index is 0.109. The molecule has 3 amide bonds. The zero-order valence-corrected chi connectivity index (χ0v) is 23.5. The number of nitrogens with zero attached hydrogens (tertiary/aromatic N) is 3. The summed E-state index contributed by atoms with van der Waals surface area (Å²) in [7, 11) is 0. The smallest absolute Gasteiger partial charge is 0.271 e. The molecular weight excluding hydrogens is 526 g/mol. The summed E-state index contributed by atoms with van der Waals surface area (Å²) >= 11 is 0. The van der Waals surface area contributed by atoms with E-state index in [4.69, 9.17) is 14.2 Å². The molecule has 2 N–H and O–H groups in total. The molecule has 3 aromatic rings. The molecule has 2 aliphatic heterocycles. The number of benzene rings is 2. The van der Waals surface area contributed by atoms with Gasteiger partial charge in [-0.15, -0.1) is 0 Å². The molecule has 0 aliphatic carbocycles. The summed E-state index contributed by atoms with van der Waals surface area (Å²) in [6.07, 6.45) is 1.61. The van der Waals surface area contributed by atoms with Crippen LogP contribution < -0.4 is 14.8 Å². The van der Waals surface area contributed by atoms with E-state index in [2.05, 4.69) is 15.5 Å². The predicted molar refractivity (Wildman–Crippen MR) is 150 cm³/mol. The van der Waals surface area contributed by atoms with E-state index in [0.717, 1.165) is 5.56 Å². The largest absolute Gasteiger partial charge is 0.491 e. The number of ether oxygens (including phenoxy) is 3. The Morgan fingerprint density at radius 2 is 2.00 bits per heavy atom. The van der Waals surface area contributed by atoms with Gasteiger partial charge in [0.25, 0.3) is 11.8 Å². The number of amides is 3. The van der Waals surface area contributed by atoms with E-state index < -0.39 is 6.04 Å². The lowest BCUT2D eigenvalue weighted by Gasteiger charge is -2.39. The summed E-state index contributed by atoms with van der Waals surface area (Å²) in [5, 5.41) is 9.62. The zero-order valence-electron chi connectivity index (χ0n) is 23.5. The highest BCUT2D eigenvalue weighted by molar-refractivity contribution is 5.97. The SMILES string of the molecule is CCN1CC(=O)N[C@H]2CN(C(=O)c3ccn[nH]3)CC[C@@H]2OCc2cccc(c2)Oc2cc(OC(C)C)cc(c2)C1=O. The third-order valence-corrected chi connectivity index (χ3v) is 7.01. The molecular formula is C30H35N5O6. The van der Waals surface area contributed by atoms with Gasteiger partial charge < -0.3 is 29.3 Å². The summed E-state index contributed by atoms with van der Waals surface area (Å²) in [5.41, 5.74) is 1.62. The Morgan fingerprint density at radius 1 is 1.15 bits per heavy atom. The number of hydrogen-bond acceptors (Lipinski definition) is 7. The molecule has 2 aliphatic rings. The topological polar surface area (TPSA) is 126 Å². The number of rotatable bonds is 4. The normalized spacial score (nSPS) is 19.8. The number of hydrogen-bond donors (Lipinski definition) is 2. The van der Waals surface area contributed by atoms with Crippen molar-refractivity contribution in [1.82, 2.24) is 25.3 Å². The molecule has 1 saturated heterocycles. The quantitative estimate of drug-likeness (QED) is 0.500. The molecule has 2 atom stereocenters. The van der Waals surface area contributed by atoms with E-state index in [9.17, 15) is 14.4 Å². The lowest BCUT2D eigenvalue weighted by atomic mass is 10.0. The van der Waals surface area contributed by atoms with Crippen molar-refractivity contribution in [1.29, 1.82) is 0 Å². The van der Waals surface area contributed by atoms with Crippen LogP contribution in [0.15, 0.2) is 54.7 Å². The van der Waals surface area contributed by atoms with Crippen LogP contribution in [0.1, 0.15) is 53.6 Å². The van der Waals surface area contributed by atoms with Crippen molar-refractivity contribution in [3.8, 4) is 17.2 Å². The van der Waals surface area contributed by atoms with Crippen molar-refractivity contribution >= 4 is 17.7 Å². The van der Waals surface area contributed by atoms with Gasteiger partial charge in [-0.25, -0.2) is 0 Å². The number of carbonyl (C=O) groups excluding carboxylic acids is 3. The Bertz CT molecular complexity index is 1390. The Morgan fingerprint density at radius 3 is 2.76 bits per heavy atom. The van der Waals surface area contributed by atoms with Gasteiger partial charge in [-0.1, -0.05) is 12.1 Å². The van der Waals surface area contributed by atoms with Crippen LogP contribution in [0.25, 0.3) is 0 Å². The maximum absolute atomic E-state index is 13.6. The first-order valence-electron chi connectivity index (χ1n) is 13.9. The van der Waals surface area contributed by atoms with Crippen molar-refractivity contribution in [2.45, 2.75) is 52.0 Å². The lowest BCUT2D eigenvalue weighted by Crippen LogP contribution is -2.58. The molecule has 4 bridgehead atoms. The van der Waals surface area contributed by atoms with Gasteiger partial charge in [-0.05, 0) is 63.1 Å². The number of likely N-dealkylation sites (N-methyl/N-ethyl adjacent to an activating group) is 1. The first-order valence-corrected chi connectivity index (χ1v) is 13.9. The van der Waals surface area contributed by atoms with Crippen molar-refractivity contribution in [3.63, 3.8) is 0 Å². The van der Waals surface area contributed by atoms with Crippen molar-refractivity contribution in [2.75, 3.05) is 26.2 Å². The summed E-state index contributed by atoms with van der Waals surface area (Å²) in [4.78, 5) is 43.0. The third kappa shape index (κ3) is 6.86. The fourth-order valence-electron chi connectivity index (χ4n) is 5.07. The fraction of sp³-hybridized carbons (Fsp3) is 0.400. The minimum Gasteiger partial charge on any atom is -0.491 e. The highest BCUT2D eigenvalue weighted by atomic mass is 16.5. The van der Waals surface area contributed by atoms with Crippen molar-refractivity contribution in [3.05, 3.63) is 71.5 Å². The van der Waals surface area contributed by atoms with Crippen molar-refractivity contribution < 1.29 is 28.6 Å². The van der Waals surface area contributed by atoms with E-state index in [1.807, 2.05) is 45.0 Å². The van der Waals surface area contributed by atoms with Crippen LogP contribution in [0.5, 0.6) is 17.2 Å². The molecule has 5 rings (SSSR count). The first-order chi connectivity index (χ1) is 19.8. The average molecular weight is 562 g/mol. The predicted octanol–water partition coefficient (Wildman–Crippen LogP) is 3.38. The average Bonchev–Trinajstić information content (AvgIpc) is 3.49. The summed E-state index contributed by atoms with van der Waals surface area (Å²) in [6, 6.07) is 13.7. The Hall–Kier alpha value is -4.38. The van der Waals surface area contributed by atoms with E-state index in [0.29, 0.717) is 54.6 Å². The number of aromatic nitrogens is 2. The van der Waals surface area contributed by atoms with Gasteiger partial charge in [0, 0.05) is 37.5 Å². The zero-order chi connectivity index (χ0) is 28.9. The maximum Gasteiger partial charge on any atom is 0.271 e. The number of piperidine rings is 1. The molecule has 0 unspecified atom stereocenters. The number of H-pyrrole nitrogens is 1. The van der Waals surface area contributed by atoms with E-state index in [1.54, 1.807) is 29.2 Å². The lowest BCUT2D eigenvalue weighted by molar-refractivity contribution is -0.124. The van der Waals surface area contributed by atoms with Gasteiger partial charge >= 0.3 is 0 Å². The van der Waals surface area contributed by atoms with E-state index >= 15 is 0 Å². The van der Waals surface area contributed by atoms with Gasteiger partial charge in [0.1, 0.15) is 22.9 Å². The van der Waals surface area contributed by atoms with Crippen LogP contribution in [0.2, 0.25) is 0 Å². The molecule has 216 valence electrons. The Kier molecular flexibility index (Phi) is 8.53. The Balaban J connectivity index is 1.45. The molecule has 0 spiro atoms. The summed E-state index contributed by atoms with van der Waals surface area (Å²) in [5.74, 6) is 0.678. The second-order valence-electron chi connectivity index (χ2n) is 10.5. The van der Waals surface area contributed by atoms with Crippen LogP contribution in [0.3, 0.4) is 0 Å². The number of nitrogens with one attached hydrogen (secondary N) is 2. The molecule has 11 heteroatoms. The number of fused-ring (bicyclic) bond motifs is 5. The number of aromatic amines is 1. The summed E-state index contributed by atoms with van der Waals surface area (Å²) in [6.45, 7) is 6.81. The maximum atomic E-state index is 13.6. The van der Waals surface area contributed by atoms with Crippen LogP contribution >= 0.6 is 0 Å². The van der Waals surface area contributed by atoms with Gasteiger partial charge in [-0.3, -0.25) is 19.5 Å². The monoisotopic (exact) mass is 561 g/mol. The van der Waals surface area contributed by atoms with Crippen LogP contribution in [0, 0.1) is 0 Å². The molecule has 1 aromatic heterocycles. The van der Waals surface area contributed by atoms with E-state index in [1.165, 1.54) is 11.1 Å². The minimum atomic E-state index is -0.473. The van der Waals surface area contributed by atoms with Crippen LogP contribution in [-0.2, 0) is 16.1 Å². The van der Waals surface area contributed by atoms with Gasteiger partial charge in [0.15, 0.2) is 0 Å². The van der Waals surface area contributed by atoms with Gasteiger partial charge in [0.2, 0.25) is 5.91 Å². The second kappa shape index (κ2) is 12.4. The van der Waals surface area contributed by atoms with E-state index in [-0.39, 0.29) is 43.0 Å². The second-order valence-corrected chi connectivity index (χ2v) is 10.5. The van der Waals surface area contributed by atoms with Gasteiger partial charge in [-0.2, -0.15) is 5.10 Å². The summed E-state index contributed by atoms with van der Waals surface area (Å²) < 4.78 is 18.4. The Labute approximate surface area is 238 Å². The number of likely N-dealkylation sites (tertiary alicyclic amines) is 1. The van der Waals surface area contributed by atoms with Crippen molar-refractivity contribution in [2.24, 2.45) is 0 Å². The molecule has 0 radical (unpaired) electrons. The molecule has 0 saturated carbocycles. The third-order valence-electron chi connectivity index (χ3n) is 7.01. The van der Waals surface area contributed by atoms with Crippen LogP contribution in [0.4, 0.5) is 0 Å². The molecule has 2 aromatic carbocycles. The molecule has 41 heavy (non-hydrogen) atoms. The number of carbonyl (C=O) groups is 3.